The molecule has 0 spiro atoms. The molecule has 0 fully saturated rings. The van der Waals surface area contributed by atoms with Crippen LogP contribution in [-0.4, -0.2) is 19.1 Å². The number of nitrogens with one attached hydrogen (secondary N) is 2. The number of amides is 1. The van der Waals surface area contributed by atoms with Crippen LogP contribution >= 0.6 is 0 Å². The summed E-state index contributed by atoms with van der Waals surface area (Å²) >= 11 is 0. The first-order valence-electron chi connectivity index (χ1n) is 7.48. The zero-order valence-electron chi connectivity index (χ0n) is 13.0. The van der Waals surface area contributed by atoms with E-state index in [1.165, 1.54) is 0 Å². The number of anilines is 2. The molecule has 0 aliphatic carbocycles. The van der Waals surface area contributed by atoms with Crippen molar-refractivity contribution in [3.8, 4) is 11.8 Å². The summed E-state index contributed by atoms with van der Waals surface area (Å²) in [6.07, 6.45) is 0.334. The molecule has 0 aliphatic rings. The second kappa shape index (κ2) is 8.44. The molecule has 5 heteroatoms. The average Bonchev–Trinajstić information content (AvgIpc) is 2.57. The first kappa shape index (κ1) is 16.4. The van der Waals surface area contributed by atoms with Gasteiger partial charge in [-0.25, -0.2) is 0 Å². The molecule has 2 aromatic carbocycles. The van der Waals surface area contributed by atoms with Gasteiger partial charge in [0.15, 0.2) is 0 Å². The SMILES string of the molecule is CCOc1ccccc1NC(=O)CCNc1ccc(C#N)cc1. The summed E-state index contributed by atoms with van der Waals surface area (Å²) in [6.45, 7) is 2.96. The summed E-state index contributed by atoms with van der Waals surface area (Å²) < 4.78 is 5.48. The van der Waals surface area contributed by atoms with Crippen molar-refractivity contribution in [2.24, 2.45) is 0 Å². The molecule has 0 aromatic heterocycles. The number of para-hydroxylation sites is 2. The summed E-state index contributed by atoms with van der Waals surface area (Å²) in [5, 5.41) is 14.7. The largest absolute Gasteiger partial charge is 0.492 e. The Morgan fingerprint density at radius 3 is 2.61 bits per heavy atom. The van der Waals surface area contributed by atoms with Gasteiger partial charge in [-0.1, -0.05) is 12.1 Å². The highest BCUT2D eigenvalue weighted by atomic mass is 16.5. The van der Waals surface area contributed by atoms with Crippen LogP contribution in [0.4, 0.5) is 11.4 Å². The number of hydrogen-bond donors (Lipinski definition) is 2. The van der Waals surface area contributed by atoms with Crippen LogP contribution in [-0.2, 0) is 4.79 Å². The Labute approximate surface area is 135 Å². The highest BCUT2D eigenvalue weighted by molar-refractivity contribution is 5.92. The molecule has 0 atom stereocenters. The lowest BCUT2D eigenvalue weighted by Gasteiger charge is -2.11. The molecule has 2 aromatic rings. The van der Waals surface area contributed by atoms with Gasteiger partial charge in [0.1, 0.15) is 5.75 Å². The third-order valence-electron chi connectivity index (χ3n) is 3.16. The van der Waals surface area contributed by atoms with Gasteiger partial charge in [-0.15, -0.1) is 0 Å². The van der Waals surface area contributed by atoms with E-state index >= 15 is 0 Å². The maximum atomic E-state index is 12.0. The molecular weight excluding hydrogens is 290 g/mol. The molecule has 2 rings (SSSR count). The fourth-order valence-corrected chi connectivity index (χ4v) is 2.05. The van der Waals surface area contributed by atoms with Crippen LogP contribution in [0, 0.1) is 11.3 Å². The van der Waals surface area contributed by atoms with Gasteiger partial charge in [-0.3, -0.25) is 4.79 Å². The molecule has 0 saturated heterocycles. The quantitative estimate of drug-likeness (QED) is 0.822. The number of hydrogen-bond acceptors (Lipinski definition) is 4. The van der Waals surface area contributed by atoms with E-state index in [1.54, 1.807) is 12.1 Å². The summed E-state index contributed by atoms with van der Waals surface area (Å²) in [4.78, 5) is 12.0. The summed E-state index contributed by atoms with van der Waals surface area (Å²) in [5.74, 6) is 0.585. The minimum atomic E-state index is -0.0849. The van der Waals surface area contributed by atoms with Crippen molar-refractivity contribution in [2.45, 2.75) is 13.3 Å². The molecule has 0 heterocycles. The Bertz CT molecular complexity index is 690. The summed E-state index contributed by atoms with van der Waals surface area (Å²) in [6, 6.07) is 16.5. The summed E-state index contributed by atoms with van der Waals surface area (Å²) in [7, 11) is 0. The van der Waals surface area contributed by atoms with Gasteiger partial charge in [0.05, 0.1) is 23.9 Å². The average molecular weight is 309 g/mol. The Kier molecular flexibility index (Phi) is 6.01. The third-order valence-corrected chi connectivity index (χ3v) is 3.16. The van der Waals surface area contributed by atoms with E-state index in [0.717, 1.165) is 5.69 Å². The minimum Gasteiger partial charge on any atom is -0.492 e. The fraction of sp³-hybridized carbons (Fsp3) is 0.222. The molecule has 0 radical (unpaired) electrons. The van der Waals surface area contributed by atoms with Crippen LogP contribution in [0.25, 0.3) is 0 Å². The van der Waals surface area contributed by atoms with E-state index in [-0.39, 0.29) is 5.91 Å². The Morgan fingerprint density at radius 2 is 1.91 bits per heavy atom. The molecule has 2 N–H and O–H groups in total. The number of ether oxygens (including phenoxy) is 1. The van der Waals surface area contributed by atoms with Crippen molar-refractivity contribution in [3.63, 3.8) is 0 Å². The van der Waals surface area contributed by atoms with Crippen molar-refractivity contribution in [3.05, 3.63) is 54.1 Å². The van der Waals surface area contributed by atoms with Crippen molar-refractivity contribution in [1.29, 1.82) is 5.26 Å². The van der Waals surface area contributed by atoms with Crippen LogP contribution in [0.5, 0.6) is 5.75 Å². The van der Waals surface area contributed by atoms with Gasteiger partial charge >= 0.3 is 0 Å². The van der Waals surface area contributed by atoms with Crippen molar-refractivity contribution in [2.75, 3.05) is 23.8 Å². The monoisotopic (exact) mass is 309 g/mol. The summed E-state index contributed by atoms with van der Waals surface area (Å²) in [5.41, 5.74) is 2.17. The lowest BCUT2D eigenvalue weighted by atomic mass is 10.2. The normalized spacial score (nSPS) is 9.74. The number of carbonyl (C=O) groups excluding carboxylic acids is 1. The lowest BCUT2D eigenvalue weighted by molar-refractivity contribution is -0.116. The van der Waals surface area contributed by atoms with Gasteiger partial charge in [0.25, 0.3) is 0 Å². The lowest BCUT2D eigenvalue weighted by Crippen LogP contribution is -2.16. The minimum absolute atomic E-state index is 0.0849. The number of carbonyl (C=O) groups is 1. The Morgan fingerprint density at radius 1 is 1.17 bits per heavy atom. The third kappa shape index (κ3) is 5.04. The van der Waals surface area contributed by atoms with E-state index in [0.29, 0.717) is 36.6 Å². The van der Waals surface area contributed by atoms with Crippen LogP contribution < -0.4 is 15.4 Å². The van der Waals surface area contributed by atoms with E-state index in [4.69, 9.17) is 10.00 Å². The molecule has 0 unspecified atom stereocenters. The van der Waals surface area contributed by atoms with Crippen LogP contribution in [0.1, 0.15) is 18.9 Å². The molecule has 0 saturated carbocycles. The first-order chi connectivity index (χ1) is 11.2. The van der Waals surface area contributed by atoms with E-state index in [1.807, 2.05) is 43.3 Å². The maximum absolute atomic E-state index is 12.0. The Hall–Kier alpha value is -3.00. The van der Waals surface area contributed by atoms with Crippen LogP contribution in [0.2, 0.25) is 0 Å². The Balaban J connectivity index is 1.82. The molecule has 0 aliphatic heterocycles. The number of nitriles is 1. The van der Waals surface area contributed by atoms with Crippen molar-refractivity contribution >= 4 is 17.3 Å². The van der Waals surface area contributed by atoms with E-state index < -0.39 is 0 Å². The molecule has 1 amide bonds. The fourth-order valence-electron chi connectivity index (χ4n) is 2.05. The highest BCUT2D eigenvalue weighted by Gasteiger charge is 2.07. The maximum Gasteiger partial charge on any atom is 0.226 e. The first-order valence-corrected chi connectivity index (χ1v) is 7.48. The molecule has 5 nitrogen and oxygen atoms in total. The smallest absolute Gasteiger partial charge is 0.226 e. The molecular formula is C18H19N3O2. The highest BCUT2D eigenvalue weighted by Crippen LogP contribution is 2.23. The predicted molar refractivity (Wildman–Crippen MR) is 90.5 cm³/mol. The zero-order valence-corrected chi connectivity index (χ0v) is 13.0. The van der Waals surface area contributed by atoms with E-state index in [9.17, 15) is 4.79 Å². The second-order valence-electron chi connectivity index (χ2n) is 4.84. The zero-order chi connectivity index (χ0) is 16.5. The second-order valence-corrected chi connectivity index (χ2v) is 4.84. The molecule has 118 valence electrons. The van der Waals surface area contributed by atoms with Crippen molar-refractivity contribution in [1.82, 2.24) is 0 Å². The van der Waals surface area contributed by atoms with Gasteiger partial charge < -0.3 is 15.4 Å². The number of rotatable bonds is 7. The molecule has 0 bridgehead atoms. The van der Waals surface area contributed by atoms with Gasteiger partial charge in [-0.05, 0) is 43.3 Å². The topological polar surface area (TPSA) is 74.2 Å². The van der Waals surface area contributed by atoms with Gasteiger partial charge in [-0.2, -0.15) is 5.26 Å². The number of benzene rings is 2. The van der Waals surface area contributed by atoms with Gasteiger partial charge in [0, 0.05) is 18.7 Å². The molecule has 23 heavy (non-hydrogen) atoms. The number of nitrogens with zero attached hydrogens (tertiary/aromatic N) is 1. The van der Waals surface area contributed by atoms with E-state index in [2.05, 4.69) is 16.7 Å². The van der Waals surface area contributed by atoms with Crippen molar-refractivity contribution < 1.29 is 9.53 Å². The van der Waals surface area contributed by atoms with Crippen LogP contribution in [0.3, 0.4) is 0 Å². The van der Waals surface area contributed by atoms with Crippen LogP contribution in [0.15, 0.2) is 48.5 Å². The van der Waals surface area contributed by atoms with Gasteiger partial charge in [0.2, 0.25) is 5.91 Å². The predicted octanol–water partition coefficient (Wildman–Crippen LogP) is 3.40. The standard InChI is InChI=1S/C18H19N3O2/c1-2-23-17-6-4-3-5-16(17)21-18(22)11-12-20-15-9-7-14(13-19)8-10-15/h3-10,20H,2,11-12H2,1H3,(H,21,22).